The van der Waals surface area contributed by atoms with Gasteiger partial charge in [0.25, 0.3) is 0 Å². The van der Waals surface area contributed by atoms with Crippen LogP contribution in [0.15, 0.2) is 85.1 Å². The van der Waals surface area contributed by atoms with E-state index in [1.807, 2.05) is 0 Å². The van der Waals surface area contributed by atoms with Gasteiger partial charge >= 0.3 is 11.9 Å². The average molecular weight is 779 g/mol. The van der Waals surface area contributed by atoms with E-state index in [0.29, 0.717) is 19.4 Å². The fraction of sp³-hybridized carbons (Fsp3) is 0.686. The summed E-state index contributed by atoms with van der Waals surface area (Å²) in [6.07, 6.45) is 60.2. The lowest BCUT2D eigenvalue weighted by Gasteiger charge is -2.18. The maximum atomic E-state index is 12.7. The smallest absolute Gasteiger partial charge is 0.306 e. The van der Waals surface area contributed by atoms with Gasteiger partial charge in [-0.2, -0.15) is 0 Å². The Morgan fingerprint density at radius 1 is 0.411 bits per heavy atom. The molecular weight excluding hydrogens is 693 g/mol. The minimum atomic E-state index is -0.556. The van der Waals surface area contributed by atoms with Crippen molar-refractivity contribution in [2.24, 2.45) is 0 Å². The van der Waals surface area contributed by atoms with Crippen molar-refractivity contribution >= 4 is 11.9 Å². The predicted octanol–water partition coefficient (Wildman–Crippen LogP) is 15.3. The van der Waals surface area contributed by atoms with Crippen molar-refractivity contribution in [1.82, 2.24) is 0 Å². The first-order chi connectivity index (χ1) is 27.6. The molecule has 0 saturated carbocycles. The van der Waals surface area contributed by atoms with Gasteiger partial charge in [-0.1, -0.05) is 176 Å². The molecule has 0 spiro atoms. The molecule has 0 rings (SSSR count). The second-order valence-corrected chi connectivity index (χ2v) is 14.9. The first-order valence-corrected chi connectivity index (χ1v) is 23.1. The molecule has 0 saturated heterocycles. The minimum absolute atomic E-state index is 0.0588. The van der Waals surface area contributed by atoms with E-state index in [1.54, 1.807) is 0 Å². The number of esters is 2. The van der Waals surface area contributed by atoms with Gasteiger partial charge in [0.15, 0.2) is 6.10 Å². The number of hydrogen-bond acceptors (Lipinski definition) is 5. The second-order valence-electron chi connectivity index (χ2n) is 14.9. The molecule has 0 aromatic heterocycles. The first-order valence-electron chi connectivity index (χ1n) is 23.1. The summed E-state index contributed by atoms with van der Waals surface area (Å²) in [5.41, 5.74) is 0. The van der Waals surface area contributed by atoms with Gasteiger partial charge in [-0.15, -0.1) is 0 Å². The van der Waals surface area contributed by atoms with Gasteiger partial charge < -0.3 is 14.2 Å². The van der Waals surface area contributed by atoms with Crippen molar-refractivity contribution < 1.29 is 23.8 Å². The highest BCUT2D eigenvalue weighted by Crippen LogP contribution is 2.12. The van der Waals surface area contributed by atoms with Crippen molar-refractivity contribution in [3.8, 4) is 0 Å². The summed E-state index contributed by atoms with van der Waals surface area (Å²) in [7, 11) is 0. The Morgan fingerprint density at radius 3 is 1.34 bits per heavy atom. The van der Waals surface area contributed by atoms with Crippen LogP contribution in [0.25, 0.3) is 0 Å². The molecular formula is C51H86O5. The van der Waals surface area contributed by atoms with Crippen LogP contribution in [0.1, 0.15) is 201 Å². The SMILES string of the molecule is CC/C=C\C/C=C\C/C=C\C/C=C\C/C=C\CCCCCC(=O)OCC(COCCCCCCCC)OC(=O)CCCCCCC/C=C\C/C=C\CCCCC. The molecule has 56 heavy (non-hydrogen) atoms. The van der Waals surface area contributed by atoms with Crippen molar-refractivity contribution in [3.63, 3.8) is 0 Å². The quantitative estimate of drug-likeness (QED) is 0.0351. The molecule has 0 aliphatic heterocycles. The van der Waals surface area contributed by atoms with Crippen LogP contribution in [-0.4, -0.2) is 37.9 Å². The second kappa shape index (κ2) is 46.5. The van der Waals surface area contributed by atoms with Gasteiger partial charge in [0.2, 0.25) is 0 Å². The van der Waals surface area contributed by atoms with Crippen molar-refractivity contribution in [2.75, 3.05) is 19.8 Å². The molecule has 1 unspecified atom stereocenters. The minimum Gasteiger partial charge on any atom is -0.462 e. The summed E-state index contributed by atoms with van der Waals surface area (Å²) in [6, 6.07) is 0. The van der Waals surface area contributed by atoms with Gasteiger partial charge in [-0.25, -0.2) is 0 Å². The molecule has 5 heteroatoms. The number of unbranched alkanes of at least 4 members (excludes halogenated alkanes) is 16. The summed E-state index contributed by atoms with van der Waals surface area (Å²) in [5.74, 6) is -0.458. The zero-order valence-corrected chi connectivity index (χ0v) is 36.6. The highest BCUT2D eigenvalue weighted by atomic mass is 16.6. The Bertz CT molecular complexity index is 1060. The number of allylic oxidation sites excluding steroid dienone is 14. The number of rotatable bonds is 41. The molecule has 0 fully saturated rings. The van der Waals surface area contributed by atoms with Crippen molar-refractivity contribution in [3.05, 3.63) is 85.1 Å². The van der Waals surface area contributed by atoms with E-state index < -0.39 is 6.10 Å². The summed E-state index contributed by atoms with van der Waals surface area (Å²) in [4.78, 5) is 25.2. The molecule has 0 aromatic carbocycles. The van der Waals surface area contributed by atoms with Gasteiger partial charge in [-0.3, -0.25) is 9.59 Å². The summed E-state index contributed by atoms with van der Waals surface area (Å²) in [5, 5.41) is 0. The Balaban J connectivity index is 4.22. The third-order valence-corrected chi connectivity index (χ3v) is 9.42. The van der Waals surface area contributed by atoms with E-state index in [4.69, 9.17) is 14.2 Å². The lowest BCUT2D eigenvalue weighted by molar-refractivity contribution is -0.163. The number of carbonyl (C=O) groups is 2. The number of hydrogen-bond donors (Lipinski definition) is 0. The highest BCUT2D eigenvalue weighted by Gasteiger charge is 2.17. The zero-order valence-electron chi connectivity index (χ0n) is 36.6. The van der Waals surface area contributed by atoms with E-state index in [9.17, 15) is 9.59 Å². The summed E-state index contributed by atoms with van der Waals surface area (Å²) >= 11 is 0. The van der Waals surface area contributed by atoms with Crippen LogP contribution in [-0.2, 0) is 23.8 Å². The maximum Gasteiger partial charge on any atom is 0.306 e. The zero-order chi connectivity index (χ0) is 40.7. The van der Waals surface area contributed by atoms with Crippen LogP contribution in [0, 0.1) is 0 Å². The van der Waals surface area contributed by atoms with Crippen LogP contribution >= 0.6 is 0 Å². The van der Waals surface area contributed by atoms with E-state index in [2.05, 4.69) is 106 Å². The Hall–Kier alpha value is -2.92. The predicted molar refractivity (Wildman–Crippen MR) is 242 cm³/mol. The molecule has 0 aliphatic carbocycles. The molecule has 0 radical (unpaired) electrons. The lowest BCUT2D eigenvalue weighted by Crippen LogP contribution is -2.30. The van der Waals surface area contributed by atoms with Crippen LogP contribution in [0.3, 0.4) is 0 Å². The van der Waals surface area contributed by atoms with Crippen molar-refractivity contribution in [2.45, 2.75) is 207 Å². The largest absolute Gasteiger partial charge is 0.462 e. The molecule has 1 atom stereocenters. The first kappa shape index (κ1) is 53.1. The summed E-state index contributed by atoms with van der Waals surface area (Å²) < 4.78 is 17.2. The molecule has 0 heterocycles. The fourth-order valence-corrected chi connectivity index (χ4v) is 5.98. The van der Waals surface area contributed by atoms with Crippen LogP contribution in [0.2, 0.25) is 0 Å². The topological polar surface area (TPSA) is 61.8 Å². The van der Waals surface area contributed by atoms with Gasteiger partial charge in [0.1, 0.15) is 6.61 Å². The Morgan fingerprint density at radius 2 is 0.804 bits per heavy atom. The lowest BCUT2D eigenvalue weighted by atomic mass is 10.1. The maximum absolute atomic E-state index is 12.7. The van der Waals surface area contributed by atoms with E-state index in [1.165, 1.54) is 64.2 Å². The van der Waals surface area contributed by atoms with Crippen LogP contribution in [0.5, 0.6) is 0 Å². The van der Waals surface area contributed by atoms with Gasteiger partial charge in [0, 0.05) is 19.4 Å². The molecule has 0 bridgehead atoms. The third-order valence-electron chi connectivity index (χ3n) is 9.42. The Kier molecular flexibility index (Phi) is 44.0. The Labute approximate surface area is 346 Å². The van der Waals surface area contributed by atoms with E-state index in [0.717, 1.165) is 103 Å². The third kappa shape index (κ3) is 43.8. The van der Waals surface area contributed by atoms with E-state index >= 15 is 0 Å². The molecule has 0 amide bonds. The highest BCUT2D eigenvalue weighted by molar-refractivity contribution is 5.70. The average Bonchev–Trinajstić information content (AvgIpc) is 3.20. The standard InChI is InChI=1S/C51H86O5/c1-4-7-10-13-16-18-20-22-24-25-26-27-29-30-32-34-36-38-41-44-50(52)55-48-49(47-54-46-43-40-15-12-9-6-3)56-51(53)45-42-39-37-35-33-31-28-23-21-19-17-14-11-8-5-2/h7,10,16-19,22-24,26-28,30,32,49H,4-6,8-9,11-15,20-21,25,29,31,33-48H2,1-3H3/b10-7-,18-16-,19-17-,24-22-,27-26-,28-23-,32-30-. The van der Waals surface area contributed by atoms with E-state index in [-0.39, 0.29) is 25.2 Å². The normalized spacial score (nSPS) is 13.0. The van der Waals surface area contributed by atoms with Gasteiger partial charge in [-0.05, 0) is 96.3 Å². The summed E-state index contributed by atoms with van der Waals surface area (Å²) in [6.45, 7) is 7.58. The van der Waals surface area contributed by atoms with Gasteiger partial charge in [0.05, 0.1) is 6.61 Å². The number of ether oxygens (including phenoxy) is 3. The molecule has 0 aromatic rings. The van der Waals surface area contributed by atoms with Crippen LogP contribution in [0.4, 0.5) is 0 Å². The molecule has 320 valence electrons. The molecule has 0 aliphatic rings. The molecule has 5 nitrogen and oxygen atoms in total. The monoisotopic (exact) mass is 779 g/mol. The fourth-order valence-electron chi connectivity index (χ4n) is 5.98. The number of carbonyl (C=O) groups excluding carboxylic acids is 2. The molecule has 0 N–H and O–H groups in total. The van der Waals surface area contributed by atoms with Crippen LogP contribution < -0.4 is 0 Å². The van der Waals surface area contributed by atoms with Crippen molar-refractivity contribution in [1.29, 1.82) is 0 Å².